The van der Waals surface area contributed by atoms with Gasteiger partial charge in [-0.1, -0.05) is 12.8 Å². The minimum atomic E-state index is -1.04. The number of rotatable bonds is 2. The Labute approximate surface area is 85.7 Å². The van der Waals surface area contributed by atoms with E-state index in [1.54, 1.807) is 27.7 Å². The van der Waals surface area contributed by atoms with Gasteiger partial charge in [-0.05, 0) is 33.5 Å². The first-order valence-electron chi connectivity index (χ1n) is 4.86. The second-order valence-electron chi connectivity index (χ2n) is 4.87. The zero-order valence-electron chi connectivity index (χ0n) is 9.36. The number of hydrogen-bond acceptors (Lipinski definition) is 4. The molecule has 0 aliphatic heterocycles. The zero-order valence-corrected chi connectivity index (χ0v) is 9.36. The Hall–Kier alpha value is -0.0951. The summed E-state index contributed by atoms with van der Waals surface area (Å²) >= 11 is 0. The number of hydrogen-bond donors (Lipinski definition) is 4. The second kappa shape index (κ2) is 4.62. The van der Waals surface area contributed by atoms with Crippen molar-refractivity contribution in [3.8, 4) is 0 Å². The lowest BCUT2D eigenvalue weighted by atomic mass is 9.84. The summed E-state index contributed by atoms with van der Waals surface area (Å²) in [7, 11) is -1.04. The molecule has 1 aliphatic rings. The molecule has 0 spiro atoms. The molecule has 0 atom stereocenters. The van der Waals surface area contributed by atoms with Crippen LogP contribution in [0.3, 0.4) is 0 Å². The first-order chi connectivity index (χ1) is 6.05. The highest BCUT2D eigenvalue weighted by Crippen LogP contribution is 2.36. The van der Waals surface area contributed by atoms with E-state index >= 15 is 0 Å². The molecular formula is C9H21BO4. The van der Waals surface area contributed by atoms with Crippen molar-refractivity contribution in [1.82, 2.24) is 0 Å². The molecule has 0 heterocycles. The Morgan fingerprint density at radius 2 is 1.21 bits per heavy atom. The van der Waals surface area contributed by atoms with E-state index in [0.29, 0.717) is 0 Å². The Balaban J connectivity index is 0.000000249. The molecule has 0 saturated heterocycles. The molecule has 0 amide bonds. The standard InChI is InChI=1S/C6H14O2.C3H7BO2/c1-5(2,7)6(3,4)8;5-4(6)3-1-2-3/h7-8H,1-4H3;3,5-6H,1-2H2. The Bertz CT molecular complexity index is 153. The summed E-state index contributed by atoms with van der Waals surface area (Å²) in [6.07, 6.45) is 2.00. The number of aliphatic hydroxyl groups is 2. The van der Waals surface area contributed by atoms with Gasteiger partial charge in [-0.25, -0.2) is 0 Å². The third-order valence-corrected chi connectivity index (χ3v) is 2.54. The molecule has 0 radical (unpaired) electrons. The Kier molecular flexibility index (Phi) is 4.58. The third kappa shape index (κ3) is 5.60. The molecule has 1 aliphatic carbocycles. The van der Waals surface area contributed by atoms with Gasteiger partial charge >= 0.3 is 7.12 Å². The normalized spacial score (nSPS) is 17.1. The molecule has 84 valence electrons. The molecule has 14 heavy (non-hydrogen) atoms. The quantitative estimate of drug-likeness (QED) is 0.482. The van der Waals surface area contributed by atoms with Crippen LogP contribution in [0.5, 0.6) is 0 Å². The van der Waals surface area contributed by atoms with Gasteiger partial charge in [-0.15, -0.1) is 0 Å². The van der Waals surface area contributed by atoms with Gasteiger partial charge in [0.25, 0.3) is 0 Å². The van der Waals surface area contributed by atoms with E-state index in [0.717, 1.165) is 12.8 Å². The van der Waals surface area contributed by atoms with Crippen LogP contribution >= 0.6 is 0 Å². The van der Waals surface area contributed by atoms with Crippen molar-refractivity contribution in [1.29, 1.82) is 0 Å². The Morgan fingerprint density at radius 1 is 0.929 bits per heavy atom. The average Bonchev–Trinajstić information content (AvgIpc) is 2.61. The van der Waals surface area contributed by atoms with Gasteiger partial charge in [-0.3, -0.25) is 0 Å². The van der Waals surface area contributed by atoms with Crippen molar-refractivity contribution >= 4 is 7.12 Å². The van der Waals surface area contributed by atoms with Crippen molar-refractivity contribution in [2.75, 3.05) is 0 Å². The molecule has 0 aromatic rings. The van der Waals surface area contributed by atoms with E-state index in [-0.39, 0.29) is 5.82 Å². The highest BCUT2D eigenvalue weighted by molar-refractivity contribution is 6.44. The average molecular weight is 204 g/mol. The molecule has 0 unspecified atom stereocenters. The molecule has 5 heteroatoms. The fourth-order valence-corrected chi connectivity index (χ4v) is 0.394. The van der Waals surface area contributed by atoms with Crippen LogP contribution in [0.4, 0.5) is 0 Å². The molecule has 0 aromatic carbocycles. The van der Waals surface area contributed by atoms with Crippen molar-refractivity contribution < 1.29 is 20.3 Å². The van der Waals surface area contributed by atoms with Gasteiger partial charge in [0.1, 0.15) is 0 Å². The molecule has 4 N–H and O–H groups in total. The Morgan fingerprint density at radius 3 is 1.21 bits per heavy atom. The highest BCUT2D eigenvalue weighted by atomic mass is 16.4. The molecule has 1 saturated carbocycles. The highest BCUT2D eigenvalue weighted by Gasteiger charge is 2.33. The van der Waals surface area contributed by atoms with Crippen LogP contribution in [0, 0.1) is 0 Å². The SMILES string of the molecule is CC(C)(O)C(C)(C)O.OB(O)C1CC1. The molecule has 1 rings (SSSR count). The van der Waals surface area contributed by atoms with E-state index in [4.69, 9.17) is 20.3 Å². The van der Waals surface area contributed by atoms with E-state index in [2.05, 4.69) is 0 Å². The lowest BCUT2D eigenvalue weighted by Gasteiger charge is -2.31. The van der Waals surface area contributed by atoms with Crippen LogP contribution in [0.15, 0.2) is 0 Å². The van der Waals surface area contributed by atoms with Crippen molar-refractivity contribution in [2.24, 2.45) is 0 Å². The predicted octanol–water partition coefficient (Wildman–Crippen LogP) is 0.151. The maximum absolute atomic E-state index is 9.10. The van der Waals surface area contributed by atoms with Gasteiger partial charge in [0.15, 0.2) is 0 Å². The summed E-state index contributed by atoms with van der Waals surface area (Å²) in [5.74, 6) is 0.213. The summed E-state index contributed by atoms with van der Waals surface area (Å²) in [4.78, 5) is 0. The zero-order chi connectivity index (χ0) is 11.6. The first kappa shape index (κ1) is 13.9. The van der Waals surface area contributed by atoms with Crippen LogP contribution in [0.25, 0.3) is 0 Å². The fourth-order valence-electron chi connectivity index (χ4n) is 0.394. The maximum Gasteiger partial charge on any atom is 0.454 e. The molecular weight excluding hydrogens is 183 g/mol. The van der Waals surface area contributed by atoms with Crippen LogP contribution in [0.1, 0.15) is 40.5 Å². The third-order valence-electron chi connectivity index (χ3n) is 2.54. The van der Waals surface area contributed by atoms with Gasteiger partial charge in [0.05, 0.1) is 11.2 Å². The second-order valence-corrected chi connectivity index (χ2v) is 4.87. The lowest BCUT2D eigenvalue weighted by Crippen LogP contribution is -2.44. The van der Waals surface area contributed by atoms with E-state index < -0.39 is 18.3 Å². The molecule has 0 aromatic heterocycles. The largest absolute Gasteiger partial charge is 0.454 e. The van der Waals surface area contributed by atoms with Crippen LogP contribution in [-0.2, 0) is 0 Å². The molecule has 1 fully saturated rings. The summed E-state index contributed by atoms with van der Waals surface area (Å²) in [6, 6.07) is 0. The fraction of sp³-hybridized carbons (Fsp3) is 1.00. The van der Waals surface area contributed by atoms with Gasteiger partial charge in [-0.2, -0.15) is 0 Å². The van der Waals surface area contributed by atoms with Crippen molar-refractivity contribution in [3.63, 3.8) is 0 Å². The topological polar surface area (TPSA) is 80.9 Å². The minimum Gasteiger partial charge on any atom is -0.427 e. The summed E-state index contributed by atoms with van der Waals surface area (Å²) in [5.41, 5.74) is -2.01. The maximum atomic E-state index is 9.10. The summed E-state index contributed by atoms with van der Waals surface area (Å²) in [6.45, 7) is 6.31. The minimum absolute atomic E-state index is 0.213. The van der Waals surface area contributed by atoms with E-state index in [9.17, 15) is 0 Å². The van der Waals surface area contributed by atoms with Gasteiger partial charge in [0, 0.05) is 0 Å². The van der Waals surface area contributed by atoms with Crippen LogP contribution in [0.2, 0.25) is 5.82 Å². The predicted molar refractivity (Wildman–Crippen MR) is 55.8 cm³/mol. The van der Waals surface area contributed by atoms with Crippen molar-refractivity contribution in [2.45, 2.75) is 57.6 Å². The monoisotopic (exact) mass is 204 g/mol. The summed E-state index contributed by atoms with van der Waals surface area (Å²) in [5, 5.41) is 34.7. The van der Waals surface area contributed by atoms with Crippen molar-refractivity contribution in [3.05, 3.63) is 0 Å². The van der Waals surface area contributed by atoms with Crippen LogP contribution < -0.4 is 0 Å². The molecule has 0 bridgehead atoms. The van der Waals surface area contributed by atoms with Gasteiger partial charge < -0.3 is 20.3 Å². The van der Waals surface area contributed by atoms with Gasteiger partial charge in [0.2, 0.25) is 0 Å². The van der Waals surface area contributed by atoms with E-state index in [1.807, 2.05) is 0 Å². The first-order valence-corrected chi connectivity index (χ1v) is 4.86. The summed E-state index contributed by atoms with van der Waals surface area (Å²) < 4.78 is 0. The molecule has 4 nitrogen and oxygen atoms in total. The van der Waals surface area contributed by atoms with E-state index in [1.165, 1.54) is 0 Å². The lowest BCUT2D eigenvalue weighted by molar-refractivity contribution is -0.107. The smallest absolute Gasteiger partial charge is 0.427 e. The van der Waals surface area contributed by atoms with Crippen LogP contribution in [-0.4, -0.2) is 38.6 Å².